The van der Waals surface area contributed by atoms with Crippen LogP contribution >= 0.6 is 0 Å². The summed E-state index contributed by atoms with van der Waals surface area (Å²) in [6.07, 6.45) is 1.01. The topological polar surface area (TPSA) is 12.4 Å². The molecule has 0 fully saturated rings. The largest absolute Gasteiger partial charge is 0.301 e. The predicted molar refractivity (Wildman–Crippen MR) is 49.3 cm³/mol. The van der Waals surface area contributed by atoms with Gasteiger partial charge in [-0.25, -0.2) is 0 Å². The van der Waals surface area contributed by atoms with E-state index in [1.165, 1.54) is 11.1 Å². The molecule has 0 bridgehead atoms. The lowest BCUT2D eigenvalue weighted by molar-refractivity contribution is 0.975. The Kier molecular flexibility index (Phi) is 2.84. The Hall–Kier alpha value is -1.11. The van der Waals surface area contributed by atoms with Gasteiger partial charge in [0.25, 0.3) is 0 Å². The zero-order chi connectivity index (χ0) is 8.10. The van der Waals surface area contributed by atoms with Gasteiger partial charge in [0, 0.05) is 6.54 Å². The molecule has 0 aromatic heterocycles. The predicted octanol–water partition coefficient (Wildman–Crippen LogP) is 2.24. The van der Waals surface area contributed by atoms with E-state index in [4.69, 9.17) is 0 Å². The maximum Gasteiger partial charge on any atom is 0.0422 e. The molecule has 0 amide bonds. The molecule has 1 rings (SSSR count). The second kappa shape index (κ2) is 3.91. The quantitative estimate of drug-likeness (QED) is 0.581. The molecule has 0 saturated heterocycles. The number of benzene rings is 1. The van der Waals surface area contributed by atoms with Gasteiger partial charge in [-0.15, -0.1) is 0 Å². The first-order valence-electron chi connectivity index (χ1n) is 3.81. The first-order chi connectivity index (χ1) is 5.33. The van der Waals surface area contributed by atoms with Gasteiger partial charge in [-0.3, -0.25) is 0 Å². The standard InChI is InChI=1S/C10H13N/c1-9-4-3-5-10(8-9)6-7-11-2/h3-5,8H,2,6-7H2,1H3. The molecule has 0 radical (unpaired) electrons. The van der Waals surface area contributed by atoms with Crippen LogP contribution in [0.2, 0.25) is 0 Å². The summed E-state index contributed by atoms with van der Waals surface area (Å²) in [7, 11) is 0. The molecule has 58 valence electrons. The van der Waals surface area contributed by atoms with Gasteiger partial charge in [0.15, 0.2) is 0 Å². The molecular weight excluding hydrogens is 134 g/mol. The molecule has 0 aliphatic rings. The van der Waals surface area contributed by atoms with E-state index in [1.54, 1.807) is 0 Å². The second-order valence-corrected chi connectivity index (χ2v) is 2.69. The summed E-state index contributed by atoms with van der Waals surface area (Å²) in [5, 5.41) is 0. The van der Waals surface area contributed by atoms with Crippen molar-refractivity contribution in [2.75, 3.05) is 6.54 Å². The maximum atomic E-state index is 3.81. The smallest absolute Gasteiger partial charge is 0.0422 e. The van der Waals surface area contributed by atoms with Gasteiger partial charge in [-0.1, -0.05) is 29.8 Å². The maximum absolute atomic E-state index is 3.81. The van der Waals surface area contributed by atoms with E-state index < -0.39 is 0 Å². The third kappa shape index (κ3) is 2.54. The van der Waals surface area contributed by atoms with Crippen LogP contribution in [0.3, 0.4) is 0 Å². The van der Waals surface area contributed by atoms with Crippen LogP contribution in [0.15, 0.2) is 29.3 Å². The fourth-order valence-electron chi connectivity index (χ4n) is 1.08. The van der Waals surface area contributed by atoms with Crippen molar-refractivity contribution in [2.45, 2.75) is 13.3 Å². The molecule has 0 spiro atoms. The van der Waals surface area contributed by atoms with Crippen LogP contribution in [0.1, 0.15) is 11.1 Å². The Morgan fingerprint density at radius 3 is 2.91 bits per heavy atom. The molecule has 0 N–H and O–H groups in total. The zero-order valence-electron chi connectivity index (χ0n) is 6.88. The third-order valence-electron chi connectivity index (χ3n) is 1.64. The van der Waals surface area contributed by atoms with Crippen LogP contribution in [0.5, 0.6) is 0 Å². The molecule has 1 aromatic rings. The minimum absolute atomic E-state index is 0.823. The van der Waals surface area contributed by atoms with Crippen LogP contribution in [0.4, 0.5) is 0 Å². The van der Waals surface area contributed by atoms with Crippen molar-refractivity contribution >= 4 is 6.72 Å². The van der Waals surface area contributed by atoms with Crippen LogP contribution < -0.4 is 0 Å². The highest BCUT2D eigenvalue weighted by molar-refractivity contribution is 5.25. The molecule has 11 heavy (non-hydrogen) atoms. The number of aliphatic imine (C=N–C) groups is 1. The van der Waals surface area contributed by atoms with E-state index in [9.17, 15) is 0 Å². The van der Waals surface area contributed by atoms with E-state index in [0.29, 0.717) is 0 Å². The molecule has 0 aliphatic carbocycles. The first-order valence-corrected chi connectivity index (χ1v) is 3.81. The Bertz CT molecular complexity index is 240. The van der Waals surface area contributed by atoms with Gasteiger partial charge >= 0.3 is 0 Å². The summed E-state index contributed by atoms with van der Waals surface area (Å²) in [6, 6.07) is 8.49. The minimum Gasteiger partial charge on any atom is -0.301 e. The molecule has 1 heteroatoms. The van der Waals surface area contributed by atoms with Gasteiger partial charge in [0.2, 0.25) is 0 Å². The Morgan fingerprint density at radius 2 is 2.27 bits per heavy atom. The Balaban J connectivity index is 2.63. The van der Waals surface area contributed by atoms with Crippen molar-refractivity contribution < 1.29 is 0 Å². The van der Waals surface area contributed by atoms with Crippen molar-refractivity contribution in [3.63, 3.8) is 0 Å². The van der Waals surface area contributed by atoms with E-state index in [0.717, 1.165) is 13.0 Å². The molecule has 1 aromatic carbocycles. The van der Waals surface area contributed by atoms with Gasteiger partial charge < -0.3 is 4.99 Å². The monoisotopic (exact) mass is 147 g/mol. The highest BCUT2D eigenvalue weighted by atomic mass is 14.7. The van der Waals surface area contributed by atoms with Crippen LogP contribution in [0, 0.1) is 6.92 Å². The number of nitrogens with zero attached hydrogens (tertiary/aromatic N) is 1. The molecule has 0 saturated carbocycles. The fraction of sp³-hybridized carbons (Fsp3) is 0.300. The summed E-state index contributed by atoms with van der Waals surface area (Å²) < 4.78 is 0. The average molecular weight is 147 g/mol. The van der Waals surface area contributed by atoms with Gasteiger partial charge in [0.1, 0.15) is 0 Å². The number of rotatable bonds is 3. The summed E-state index contributed by atoms with van der Waals surface area (Å²) >= 11 is 0. The Labute approximate surface area is 67.8 Å². The Morgan fingerprint density at radius 1 is 1.45 bits per heavy atom. The minimum atomic E-state index is 0.823. The zero-order valence-corrected chi connectivity index (χ0v) is 6.88. The van der Waals surface area contributed by atoms with Gasteiger partial charge in [-0.05, 0) is 25.6 Å². The van der Waals surface area contributed by atoms with Crippen LogP contribution in [-0.4, -0.2) is 13.3 Å². The number of aryl methyl sites for hydroxylation is 1. The van der Waals surface area contributed by atoms with E-state index >= 15 is 0 Å². The normalized spacial score (nSPS) is 9.55. The lowest BCUT2D eigenvalue weighted by atomic mass is 10.1. The molecule has 0 atom stereocenters. The SMILES string of the molecule is C=NCCc1cccc(C)c1. The van der Waals surface area contributed by atoms with Crippen molar-refractivity contribution in [1.29, 1.82) is 0 Å². The molecule has 0 aliphatic heterocycles. The fourth-order valence-corrected chi connectivity index (χ4v) is 1.08. The molecule has 1 nitrogen and oxygen atoms in total. The van der Waals surface area contributed by atoms with E-state index in [2.05, 4.69) is 42.9 Å². The molecule has 0 heterocycles. The van der Waals surface area contributed by atoms with Crippen molar-refractivity contribution in [1.82, 2.24) is 0 Å². The van der Waals surface area contributed by atoms with E-state index in [-0.39, 0.29) is 0 Å². The van der Waals surface area contributed by atoms with Gasteiger partial charge in [-0.2, -0.15) is 0 Å². The van der Waals surface area contributed by atoms with Crippen molar-refractivity contribution in [2.24, 2.45) is 4.99 Å². The average Bonchev–Trinajstić information content (AvgIpc) is 2.01. The lowest BCUT2D eigenvalue weighted by Crippen LogP contribution is -1.88. The third-order valence-corrected chi connectivity index (χ3v) is 1.64. The van der Waals surface area contributed by atoms with Gasteiger partial charge in [0.05, 0.1) is 0 Å². The molecule has 0 unspecified atom stereocenters. The summed E-state index contributed by atoms with van der Waals surface area (Å²) in [5.74, 6) is 0. The van der Waals surface area contributed by atoms with Crippen LogP contribution in [-0.2, 0) is 6.42 Å². The number of hydrogen-bond acceptors (Lipinski definition) is 1. The van der Waals surface area contributed by atoms with Crippen molar-refractivity contribution in [3.05, 3.63) is 35.4 Å². The summed E-state index contributed by atoms with van der Waals surface area (Å²) in [6.45, 7) is 6.37. The lowest BCUT2D eigenvalue weighted by Gasteiger charge is -1.98. The second-order valence-electron chi connectivity index (χ2n) is 2.69. The van der Waals surface area contributed by atoms with E-state index in [1.807, 2.05) is 0 Å². The van der Waals surface area contributed by atoms with Crippen LogP contribution in [0.25, 0.3) is 0 Å². The highest BCUT2D eigenvalue weighted by Crippen LogP contribution is 2.04. The number of hydrogen-bond donors (Lipinski definition) is 0. The molecular formula is C10H13N. The highest BCUT2D eigenvalue weighted by Gasteiger charge is 1.90. The summed E-state index contributed by atoms with van der Waals surface area (Å²) in [4.78, 5) is 3.81. The first kappa shape index (κ1) is 7.99. The summed E-state index contributed by atoms with van der Waals surface area (Å²) in [5.41, 5.74) is 2.66. The van der Waals surface area contributed by atoms with Crippen molar-refractivity contribution in [3.8, 4) is 0 Å².